The Bertz CT molecular complexity index is 1330. The number of aliphatic hydroxyl groups excluding tert-OH is 1. The summed E-state index contributed by atoms with van der Waals surface area (Å²) >= 11 is 0. The molecule has 0 fully saturated rings. The highest BCUT2D eigenvalue weighted by Gasteiger charge is 2.28. The first-order valence-corrected chi connectivity index (χ1v) is 27.9. The third kappa shape index (κ3) is 49.4. The minimum atomic E-state index is -4.33. The second-order valence-electron chi connectivity index (χ2n) is 18.9. The number of phosphoric acid groups is 1. The van der Waals surface area contributed by atoms with Gasteiger partial charge in [-0.15, -0.1) is 0 Å². The molecule has 3 N–H and O–H groups in total. The van der Waals surface area contributed by atoms with E-state index >= 15 is 0 Å². The van der Waals surface area contributed by atoms with Gasteiger partial charge in [0.25, 0.3) is 0 Å². The molecule has 0 aliphatic heterocycles. The molecule has 0 spiro atoms. The van der Waals surface area contributed by atoms with E-state index in [1.807, 2.05) is 21.1 Å². The Kier molecular flexibility index (Phi) is 45.1. The molecule has 0 aliphatic rings. The van der Waals surface area contributed by atoms with Crippen LogP contribution < -0.4 is 5.32 Å². The quantitative estimate of drug-likeness (QED) is 0.0243. The lowest BCUT2D eigenvalue weighted by molar-refractivity contribution is -0.870. The average molecular weight is 930 g/mol. The SMILES string of the molecule is CC/C=C\C/C=C\C/C=C\C/C=C\C/C=C\C/C=C\C/C=C\CCCCCCCCCC(=O)NC(COP(=O)(O)OCC[N+](C)(C)C)C(O)CCCCCCCCCCCCCCCC. The molecule has 0 aromatic heterocycles. The van der Waals surface area contributed by atoms with Gasteiger partial charge in [0.1, 0.15) is 13.2 Å². The molecule has 3 atom stereocenters. The van der Waals surface area contributed by atoms with E-state index in [1.54, 1.807) is 0 Å². The number of nitrogens with one attached hydrogen (secondary N) is 1. The van der Waals surface area contributed by atoms with Crippen LogP contribution in [0, 0.1) is 0 Å². The van der Waals surface area contributed by atoms with E-state index in [2.05, 4.69) is 104 Å². The summed E-state index contributed by atoms with van der Waals surface area (Å²) in [6.07, 6.45) is 64.8. The zero-order valence-electron chi connectivity index (χ0n) is 42.7. The molecule has 0 rings (SSSR count). The first kappa shape index (κ1) is 62.7. The van der Waals surface area contributed by atoms with Crippen LogP contribution in [0.15, 0.2) is 85.1 Å². The fourth-order valence-electron chi connectivity index (χ4n) is 7.26. The van der Waals surface area contributed by atoms with E-state index in [1.165, 1.54) is 89.9 Å². The topological polar surface area (TPSA) is 105 Å². The molecule has 65 heavy (non-hydrogen) atoms. The molecule has 9 heteroatoms. The van der Waals surface area contributed by atoms with Crippen LogP contribution in [0.5, 0.6) is 0 Å². The van der Waals surface area contributed by atoms with E-state index in [4.69, 9.17) is 9.05 Å². The minimum Gasteiger partial charge on any atom is -0.391 e. The van der Waals surface area contributed by atoms with Crippen LogP contribution in [-0.4, -0.2) is 73.4 Å². The number of phosphoric ester groups is 1. The Labute approximate surface area is 401 Å². The smallest absolute Gasteiger partial charge is 0.391 e. The third-order valence-corrected chi connectivity index (χ3v) is 12.4. The molecule has 1 amide bonds. The summed E-state index contributed by atoms with van der Waals surface area (Å²) in [5.41, 5.74) is 0. The number of amides is 1. The van der Waals surface area contributed by atoms with Crippen LogP contribution in [0.3, 0.4) is 0 Å². The number of nitrogens with zero attached hydrogens (tertiary/aromatic N) is 1. The fraction of sp³-hybridized carbons (Fsp3) is 0.732. The van der Waals surface area contributed by atoms with Crippen LogP contribution in [0.2, 0.25) is 0 Å². The second-order valence-corrected chi connectivity index (χ2v) is 20.3. The lowest BCUT2D eigenvalue weighted by atomic mass is 10.0. The Morgan fingerprint density at radius 3 is 1.35 bits per heavy atom. The molecule has 0 aliphatic carbocycles. The first-order valence-electron chi connectivity index (χ1n) is 26.5. The van der Waals surface area contributed by atoms with E-state index < -0.39 is 20.0 Å². The van der Waals surface area contributed by atoms with Crippen LogP contribution in [0.4, 0.5) is 0 Å². The monoisotopic (exact) mass is 930 g/mol. The van der Waals surface area contributed by atoms with Gasteiger partial charge in [0.05, 0.1) is 39.9 Å². The summed E-state index contributed by atoms with van der Waals surface area (Å²) in [4.78, 5) is 23.3. The van der Waals surface area contributed by atoms with Crippen molar-refractivity contribution >= 4 is 13.7 Å². The van der Waals surface area contributed by atoms with Gasteiger partial charge in [0.15, 0.2) is 0 Å². The molecule has 0 aromatic carbocycles. The Morgan fingerprint density at radius 1 is 0.538 bits per heavy atom. The van der Waals surface area contributed by atoms with E-state index in [9.17, 15) is 19.4 Å². The summed E-state index contributed by atoms with van der Waals surface area (Å²) in [7, 11) is 1.60. The van der Waals surface area contributed by atoms with Crippen molar-refractivity contribution in [3.8, 4) is 0 Å². The van der Waals surface area contributed by atoms with Gasteiger partial charge in [0.2, 0.25) is 5.91 Å². The molecule has 3 unspecified atom stereocenters. The third-order valence-electron chi connectivity index (χ3n) is 11.4. The van der Waals surface area contributed by atoms with Gasteiger partial charge in [-0.05, 0) is 70.6 Å². The molecule has 0 saturated carbocycles. The average Bonchev–Trinajstić information content (AvgIpc) is 3.26. The molecule has 0 radical (unpaired) electrons. The maximum Gasteiger partial charge on any atom is 0.472 e. The zero-order chi connectivity index (χ0) is 47.8. The van der Waals surface area contributed by atoms with Gasteiger partial charge in [-0.25, -0.2) is 4.57 Å². The van der Waals surface area contributed by atoms with Crippen LogP contribution in [0.25, 0.3) is 0 Å². The summed E-state index contributed by atoms with van der Waals surface area (Å²) in [6.45, 7) is 4.76. The largest absolute Gasteiger partial charge is 0.472 e. The van der Waals surface area contributed by atoms with Crippen LogP contribution in [0.1, 0.15) is 213 Å². The highest BCUT2D eigenvalue weighted by atomic mass is 31.2. The number of quaternary nitrogens is 1. The van der Waals surface area contributed by atoms with E-state index in [0.29, 0.717) is 23.9 Å². The summed E-state index contributed by atoms with van der Waals surface area (Å²) in [5, 5.41) is 14.0. The number of unbranched alkanes of at least 4 members (excludes halogenated alkanes) is 20. The number of allylic oxidation sites excluding steroid dienone is 14. The lowest BCUT2D eigenvalue weighted by Crippen LogP contribution is -2.46. The predicted molar refractivity (Wildman–Crippen MR) is 281 cm³/mol. The van der Waals surface area contributed by atoms with Crippen molar-refractivity contribution in [3.63, 3.8) is 0 Å². The molecule has 0 heterocycles. The number of likely N-dealkylation sites (N-methyl/N-ethyl adjacent to an activating group) is 1. The van der Waals surface area contributed by atoms with Crippen molar-refractivity contribution in [1.29, 1.82) is 0 Å². The summed E-state index contributed by atoms with van der Waals surface area (Å²) in [6, 6.07) is -0.772. The van der Waals surface area contributed by atoms with Crippen molar-refractivity contribution in [3.05, 3.63) is 85.1 Å². The summed E-state index contributed by atoms with van der Waals surface area (Å²) < 4.78 is 23.7. The van der Waals surface area contributed by atoms with Crippen LogP contribution >= 0.6 is 7.82 Å². The number of carbonyl (C=O) groups excluding carboxylic acids is 1. The van der Waals surface area contributed by atoms with E-state index in [-0.39, 0.29) is 19.1 Å². The minimum absolute atomic E-state index is 0.0681. The Balaban J connectivity index is 4.24. The van der Waals surface area contributed by atoms with Gasteiger partial charge < -0.3 is 19.8 Å². The van der Waals surface area contributed by atoms with Gasteiger partial charge in [-0.2, -0.15) is 0 Å². The van der Waals surface area contributed by atoms with Crippen molar-refractivity contribution in [1.82, 2.24) is 5.32 Å². The maximum atomic E-state index is 13.0. The molecular weight excluding hydrogens is 828 g/mol. The molecule has 0 bridgehead atoms. The van der Waals surface area contributed by atoms with Gasteiger partial charge in [-0.1, -0.05) is 221 Å². The molecule has 376 valence electrons. The summed E-state index contributed by atoms with van der Waals surface area (Å²) in [5.74, 6) is -0.159. The second kappa shape index (κ2) is 46.8. The molecule has 0 saturated heterocycles. The standard InChI is InChI=1S/C56H101N2O6P/c1-6-8-10-12-14-16-18-20-22-23-24-25-26-27-28-29-30-31-32-33-34-35-36-38-40-42-44-46-48-50-56(60)57-54(53-64-65(61,62)63-52-51-58(3,4)5)55(59)49-47-45-43-41-39-37-21-19-17-15-13-11-9-7-2/h8,10,14,16,20,22,24-25,27-28,30-31,33-34,54-55,59H,6-7,9,11-13,15,17-19,21,23,26,29,32,35-53H2,1-5H3,(H-,57,60,61,62)/p+1/b10-8-,16-14-,22-20-,25-24-,28-27-,31-30-,34-33-. The number of carbonyl (C=O) groups is 1. The van der Waals surface area contributed by atoms with Crippen molar-refractivity contribution in [2.45, 2.75) is 225 Å². The normalized spacial score (nSPS) is 14.8. The van der Waals surface area contributed by atoms with Crippen LogP contribution in [-0.2, 0) is 18.4 Å². The molecule has 0 aromatic rings. The van der Waals surface area contributed by atoms with Crippen molar-refractivity contribution < 1.29 is 32.9 Å². The Morgan fingerprint density at radius 2 is 0.923 bits per heavy atom. The molecular formula is C56H102N2O6P+. The predicted octanol–water partition coefficient (Wildman–Crippen LogP) is 15.7. The molecule has 8 nitrogen and oxygen atoms in total. The maximum absolute atomic E-state index is 13.0. The highest BCUT2D eigenvalue weighted by Crippen LogP contribution is 2.43. The fourth-order valence-corrected chi connectivity index (χ4v) is 8.00. The Hall–Kier alpha value is -2.32. The first-order chi connectivity index (χ1) is 31.5. The van der Waals surface area contributed by atoms with Gasteiger partial charge in [0, 0.05) is 6.42 Å². The number of rotatable bonds is 47. The van der Waals surface area contributed by atoms with E-state index in [0.717, 1.165) is 96.3 Å². The van der Waals surface area contributed by atoms with Crippen molar-refractivity contribution in [2.75, 3.05) is 40.9 Å². The number of aliphatic hydroxyl groups is 1. The number of hydrogen-bond acceptors (Lipinski definition) is 5. The number of hydrogen-bond donors (Lipinski definition) is 3. The zero-order valence-corrected chi connectivity index (χ0v) is 43.6. The van der Waals surface area contributed by atoms with Gasteiger partial charge in [-0.3, -0.25) is 13.8 Å². The highest BCUT2D eigenvalue weighted by molar-refractivity contribution is 7.47. The van der Waals surface area contributed by atoms with Gasteiger partial charge >= 0.3 is 7.82 Å². The van der Waals surface area contributed by atoms with Crippen molar-refractivity contribution in [2.24, 2.45) is 0 Å². The lowest BCUT2D eigenvalue weighted by Gasteiger charge is -2.26.